The molecule has 1 aromatic carbocycles. The molecule has 1 fully saturated rings. The summed E-state index contributed by atoms with van der Waals surface area (Å²) >= 11 is 2.01. The van der Waals surface area contributed by atoms with Gasteiger partial charge in [0.15, 0.2) is 0 Å². The lowest BCUT2D eigenvalue weighted by Crippen LogP contribution is -2.28. The summed E-state index contributed by atoms with van der Waals surface area (Å²) < 4.78 is 5.16. The molecule has 0 radical (unpaired) electrons. The molecule has 1 heterocycles. The van der Waals surface area contributed by atoms with Crippen LogP contribution < -0.4 is 5.32 Å². The molecule has 1 saturated heterocycles. The zero-order valence-electron chi connectivity index (χ0n) is 9.90. The molecule has 0 spiro atoms. The number of rotatable bonds is 3. The number of hydrogen-bond donors (Lipinski definition) is 1. The maximum absolute atomic E-state index is 5.16. The lowest BCUT2D eigenvalue weighted by Gasteiger charge is -2.28. The average molecular weight is 237 g/mol. The van der Waals surface area contributed by atoms with Crippen LogP contribution in [-0.2, 0) is 11.3 Å². The van der Waals surface area contributed by atoms with Gasteiger partial charge in [-0.15, -0.1) is 11.8 Å². The van der Waals surface area contributed by atoms with Gasteiger partial charge in [0, 0.05) is 12.4 Å². The highest BCUT2D eigenvalue weighted by Gasteiger charge is 2.20. The molecule has 1 aliphatic heterocycles. The summed E-state index contributed by atoms with van der Waals surface area (Å²) in [5.41, 5.74) is 2.62. The Kier molecular flexibility index (Phi) is 4.27. The smallest absolute Gasteiger partial charge is 0.0792 e. The maximum Gasteiger partial charge on any atom is 0.0792 e. The van der Waals surface area contributed by atoms with Gasteiger partial charge in [-0.3, -0.25) is 0 Å². The molecule has 2 atom stereocenters. The average Bonchev–Trinajstić information content (AvgIpc) is 2.30. The van der Waals surface area contributed by atoms with Crippen LogP contribution in [0.15, 0.2) is 24.3 Å². The van der Waals surface area contributed by atoms with Crippen LogP contribution in [0.25, 0.3) is 0 Å². The van der Waals surface area contributed by atoms with Crippen molar-refractivity contribution < 1.29 is 4.74 Å². The predicted molar refractivity (Wildman–Crippen MR) is 69.6 cm³/mol. The Morgan fingerprint density at radius 3 is 3.12 bits per heavy atom. The van der Waals surface area contributed by atoms with Crippen molar-refractivity contribution in [1.29, 1.82) is 0 Å². The van der Waals surface area contributed by atoms with Gasteiger partial charge in [0.25, 0.3) is 0 Å². The van der Waals surface area contributed by atoms with Crippen molar-refractivity contribution in [2.75, 3.05) is 13.7 Å². The molecule has 2 rings (SSSR count). The predicted octanol–water partition coefficient (Wildman–Crippen LogP) is 2.95. The molecule has 1 N–H and O–H groups in total. The molecule has 0 amide bonds. The van der Waals surface area contributed by atoms with Crippen LogP contribution in [0.5, 0.6) is 0 Å². The first kappa shape index (κ1) is 12.0. The first-order valence-electron chi connectivity index (χ1n) is 5.76. The van der Waals surface area contributed by atoms with Crippen LogP contribution in [0.3, 0.4) is 0 Å². The highest BCUT2D eigenvalue weighted by molar-refractivity contribution is 8.00. The van der Waals surface area contributed by atoms with E-state index < -0.39 is 0 Å². The van der Waals surface area contributed by atoms with Crippen molar-refractivity contribution in [3.8, 4) is 0 Å². The molecule has 0 saturated carbocycles. The van der Waals surface area contributed by atoms with Crippen LogP contribution in [-0.4, -0.2) is 18.9 Å². The topological polar surface area (TPSA) is 21.3 Å². The Morgan fingerprint density at radius 1 is 1.50 bits per heavy atom. The van der Waals surface area contributed by atoms with Gasteiger partial charge in [0.05, 0.1) is 12.0 Å². The van der Waals surface area contributed by atoms with E-state index in [1.807, 2.05) is 11.8 Å². The van der Waals surface area contributed by atoms with Crippen LogP contribution in [0.2, 0.25) is 0 Å². The maximum atomic E-state index is 5.16. The SMILES string of the molecule is COCc1cccc(C2NCCC(C)S2)c1. The molecule has 3 heteroatoms. The van der Waals surface area contributed by atoms with Gasteiger partial charge in [-0.2, -0.15) is 0 Å². The molecule has 1 aliphatic rings. The molecular weight excluding hydrogens is 218 g/mol. The van der Waals surface area contributed by atoms with Gasteiger partial charge in [-0.1, -0.05) is 31.2 Å². The van der Waals surface area contributed by atoms with Crippen molar-refractivity contribution >= 4 is 11.8 Å². The van der Waals surface area contributed by atoms with E-state index in [9.17, 15) is 0 Å². The van der Waals surface area contributed by atoms with E-state index in [0.717, 1.165) is 11.8 Å². The van der Waals surface area contributed by atoms with Gasteiger partial charge in [0.1, 0.15) is 0 Å². The number of thioether (sulfide) groups is 1. The summed E-state index contributed by atoms with van der Waals surface area (Å²) in [5, 5.41) is 4.75. The van der Waals surface area contributed by atoms with Crippen LogP contribution >= 0.6 is 11.8 Å². The molecule has 2 unspecified atom stereocenters. The quantitative estimate of drug-likeness (QED) is 0.873. The largest absolute Gasteiger partial charge is 0.380 e. The third kappa shape index (κ3) is 3.00. The van der Waals surface area contributed by atoms with Gasteiger partial charge >= 0.3 is 0 Å². The lowest BCUT2D eigenvalue weighted by atomic mass is 10.1. The van der Waals surface area contributed by atoms with Crippen molar-refractivity contribution in [1.82, 2.24) is 5.32 Å². The third-order valence-corrected chi connectivity index (χ3v) is 4.23. The van der Waals surface area contributed by atoms with E-state index in [2.05, 4.69) is 36.5 Å². The fourth-order valence-electron chi connectivity index (χ4n) is 1.98. The second-order valence-electron chi connectivity index (χ2n) is 4.25. The molecule has 2 nitrogen and oxygen atoms in total. The monoisotopic (exact) mass is 237 g/mol. The summed E-state index contributed by atoms with van der Waals surface area (Å²) in [5.74, 6) is 0. The van der Waals surface area contributed by atoms with Gasteiger partial charge < -0.3 is 10.1 Å². The van der Waals surface area contributed by atoms with Crippen molar-refractivity contribution in [3.05, 3.63) is 35.4 Å². The van der Waals surface area contributed by atoms with Crippen LogP contribution in [0.1, 0.15) is 29.8 Å². The van der Waals surface area contributed by atoms with Crippen LogP contribution in [0.4, 0.5) is 0 Å². The Labute approximate surface area is 102 Å². The van der Waals surface area contributed by atoms with E-state index in [1.54, 1.807) is 7.11 Å². The Bertz CT molecular complexity index is 342. The van der Waals surface area contributed by atoms with E-state index >= 15 is 0 Å². The van der Waals surface area contributed by atoms with Crippen LogP contribution in [0, 0.1) is 0 Å². The Balaban J connectivity index is 2.09. The highest BCUT2D eigenvalue weighted by Crippen LogP contribution is 2.34. The number of benzene rings is 1. The number of hydrogen-bond acceptors (Lipinski definition) is 3. The molecule has 0 aliphatic carbocycles. The van der Waals surface area contributed by atoms with Crippen molar-refractivity contribution in [3.63, 3.8) is 0 Å². The number of methoxy groups -OCH3 is 1. The summed E-state index contributed by atoms with van der Waals surface area (Å²) in [6.07, 6.45) is 1.26. The molecular formula is C13H19NOS. The Morgan fingerprint density at radius 2 is 2.38 bits per heavy atom. The van der Waals surface area contributed by atoms with Gasteiger partial charge in [-0.25, -0.2) is 0 Å². The summed E-state index contributed by atoms with van der Waals surface area (Å²) in [7, 11) is 1.74. The first-order chi connectivity index (χ1) is 7.79. The first-order valence-corrected chi connectivity index (χ1v) is 6.70. The molecule has 1 aromatic rings. The summed E-state index contributed by atoms with van der Waals surface area (Å²) in [4.78, 5) is 0. The lowest BCUT2D eigenvalue weighted by molar-refractivity contribution is 0.185. The zero-order valence-corrected chi connectivity index (χ0v) is 10.7. The molecule has 88 valence electrons. The van der Waals surface area contributed by atoms with Crippen molar-refractivity contribution in [2.24, 2.45) is 0 Å². The van der Waals surface area contributed by atoms with E-state index in [0.29, 0.717) is 12.0 Å². The second-order valence-corrected chi connectivity index (χ2v) is 5.80. The second kappa shape index (κ2) is 5.71. The Hall–Kier alpha value is -0.510. The van der Waals surface area contributed by atoms with E-state index in [-0.39, 0.29) is 0 Å². The zero-order chi connectivity index (χ0) is 11.4. The van der Waals surface area contributed by atoms with Crippen molar-refractivity contribution in [2.45, 2.75) is 30.6 Å². The minimum Gasteiger partial charge on any atom is -0.380 e. The highest BCUT2D eigenvalue weighted by atomic mass is 32.2. The minimum absolute atomic E-state index is 0.445. The normalized spacial score (nSPS) is 25.6. The number of ether oxygens (including phenoxy) is 1. The summed E-state index contributed by atoms with van der Waals surface area (Å²) in [6, 6.07) is 8.67. The summed E-state index contributed by atoms with van der Waals surface area (Å²) in [6.45, 7) is 4.12. The fraction of sp³-hybridized carbons (Fsp3) is 0.538. The van der Waals surface area contributed by atoms with E-state index in [4.69, 9.17) is 4.74 Å². The van der Waals surface area contributed by atoms with Gasteiger partial charge in [-0.05, 0) is 24.1 Å². The standard InChI is InChI=1S/C13H19NOS/c1-10-6-7-14-13(16-10)12-5-3-4-11(8-12)9-15-2/h3-5,8,10,13-14H,6-7,9H2,1-2H3. The molecule has 0 aromatic heterocycles. The molecule has 16 heavy (non-hydrogen) atoms. The van der Waals surface area contributed by atoms with Gasteiger partial charge in [0.2, 0.25) is 0 Å². The molecule has 0 bridgehead atoms. The fourth-order valence-corrected chi connectivity index (χ4v) is 3.21. The third-order valence-electron chi connectivity index (χ3n) is 2.81. The number of nitrogens with one attached hydrogen (secondary N) is 1. The minimum atomic E-state index is 0.445. The van der Waals surface area contributed by atoms with E-state index in [1.165, 1.54) is 17.5 Å².